The van der Waals surface area contributed by atoms with Crippen LogP contribution >= 0.6 is 15.9 Å². The van der Waals surface area contributed by atoms with E-state index in [2.05, 4.69) is 21.2 Å². The summed E-state index contributed by atoms with van der Waals surface area (Å²) in [5.74, 6) is -0.0759. The van der Waals surface area contributed by atoms with E-state index in [-0.39, 0.29) is 11.8 Å². The molecule has 1 aromatic carbocycles. The molecule has 0 aliphatic heterocycles. The van der Waals surface area contributed by atoms with E-state index in [4.69, 9.17) is 0 Å². The van der Waals surface area contributed by atoms with Gasteiger partial charge in [0.05, 0.1) is 0 Å². The molecule has 1 aromatic rings. The first kappa shape index (κ1) is 18.7. The largest absolute Gasteiger partial charge is 0.354 e. The molecule has 1 N–H and O–H groups in total. The molecule has 1 atom stereocenters. The molecular formula is C17H25BrN2O2. The second kappa shape index (κ2) is 9.62. The van der Waals surface area contributed by atoms with Gasteiger partial charge in [0.15, 0.2) is 0 Å². The van der Waals surface area contributed by atoms with Crippen molar-refractivity contribution in [3.05, 3.63) is 34.3 Å². The molecule has 0 unspecified atom stereocenters. The first-order valence-corrected chi connectivity index (χ1v) is 8.60. The second-order valence-electron chi connectivity index (χ2n) is 5.37. The minimum Gasteiger partial charge on any atom is -0.354 e. The van der Waals surface area contributed by atoms with E-state index < -0.39 is 6.04 Å². The predicted molar refractivity (Wildman–Crippen MR) is 92.4 cm³/mol. The standard InChI is InChI=1S/C17H25BrN2O2/c1-4-6-16(21)20(13(3)17(22)19-11-5-2)12-14-7-9-15(18)10-8-14/h7-10,13H,4-6,11-12H2,1-3H3,(H,19,22)/t13-/m1/s1. The van der Waals surface area contributed by atoms with Gasteiger partial charge in [-0.2, -0.15) is 0 Å². The molecule has 1 rings (SSSR count). The molecule has 5 heteroatoms. The van der Waals surface area contributed by atoms with Crippen molar-refractivity contribution in [2.75, 3.05) is 6.54 Å². The highest BCUT2D eigenvalue weighted by molar-refractivity contribution is 9.10. The van der Waals surface area contributed by atoms with Gasteiger partial charge in [0.25, 0.3) is 0 Å². The molecule has 122 valence electrons. The molecule has 0 radical (unpaired) electrons. The SMILES string of the molecule is CCCNC(=O)[C@@H](C)N(Cc1ccc(Br)cc1)C(=O)CCC. The second-order valence-corrected chi connectivity index (χ2v) is 6.28. The first-order chi connectivity index (χ1) is 10.5. The van der Waals surface area contributed by atoms with E-state index in [0.29, 0.717) is 19.5 Å². The number of carbonyl (C=O) groups excluding carboxylic acids is 2. The third-order valence-electron chi connectivity index (χ3n) is 3.45. The molecular weight excluding hydrogens is 344 g/mol. The quantitative estimate of drug-likeness (QED) is 0.763. The summed E-state index contributed by atoms with van der Waals surface area (Å²) in [5.41, 5.74) is 1.02. The Balaban J connectivity index is 2.85. The van der Waals surface area contributed by atoms with Crippen LogP contribution in [-0.2, 0) is 16.1 Å². The van der Waals surface area contributed by atoms with Gasteiger partial charge in [0, 0.05) is 24.0 Å². The summed E-state index contributed by atoms with van der Waals surface area (Å²) < 4.78 is 0.997. The van der Waals surface area contributed by atoms with Gasteiger partial charge in [0.1, 0.15) is 6.04 Å². The van der Waals surface area contributed by atoms with E-state index in [9.17, 15) is 9.59 Å². The molecule has 0 heterocycles. The maximum atomic E-state index is 12.4. The number of carbonyl (C=O) groups is 2. The number of rotatable bonds is 8. The van der Waals surface area contributed by atoms with Gasteiger partial charge in [-0.3, -0.25) is 9.59 Å². The van der Waals surface area contributed by atoms with E-state index in [1.807, 2.05) is 38.1 Å². The highest BCUT2D eigenvalue weighted by Gasteiger charge is 2.25. The number of hydrogen-bond donors (Lipinski definition) is 1. The Bertz CT molecular complexity index is 488. The minimum atomic E-state index is -0.464. The lowest BCUT2D eigenvalue weighted by atomic mass is 10.1. The monoisotopic (exact) mass is 368 g/mol. The van der Waals surface area contributed by atoms with Crippen molar-refractivity contribution in [2.24, 2.45) is 0 Å². The van der Waals surface area contributed by atoms with Crippen molar-refractivity contribution in [1.82, 2.24) is 10.2 Å². The molecule has 0 aromatic heterocycles. The summed E-state index contributed by atoms with van der Waals surface area (Å²) in [6.07, 6.45) is 2.12. The van der Waals surface area contributed by atoms with Gasteiger partial charge in [-0.25, -0.2) is 0 Å². The zero-order chi connectivity index (χ0) is 16.5. The number of amides is 2. The average molecular weight is 369 g/mol. The molecule has 0 spiro atoms. The highest BCUT2D eigenvalue weighted by Crippen LogP contribution is 2.15. The van der Waals surface area contributed by atoms with Crippen LogP contribution in [0, 0.1) is 0 Å². The maximum absolute atomic E-state index is 12.4. The zero-order valence-corrected chi connectivity index (χ0v) is 15.1. The highest BCUT2D eigenvalue weighted by atomic mass is 79.9. The Hall–Kier alpha value is -1.36. The summed E-state index contributed by atoms with van der Waals surface area (Å²) in [6.45, 7) is 6.85. The number of halogens is 1. The van der Waals surface area contributed by atoms with Gasteiger partial charge < -0.3 is 10.2 Å². The molecule has 4 nitrogen and oxygen atoms in total. The summed E-state index contributed by atoms with van der Waals surface area (Å²) in [5, 5.41) is 2.86. The summed E-state index contributed by atoms with van der Waals surface area (Å²) >= 11 is 3.40. The first-order valence-electron chi connectivity index (χ1n) is 7.81. The van der Waals surface area contributed by atoms with Crippen molar-refractivity contribution in [3.8, 4) is 0 Å². The van der Waals surface area contributed by atoms with Gasteiger partial charge in [-0.05, 0) is 37.5 Å². The van der Waals surface area contributed by atoms with Crippen LogP contribution in [0.15, 0.2) is 28.7 Å². The molecule has 0 saturated carbocycles. The molecule has 0 aliphatic rings. The Labute approximate surface area is 141 Å². The molecule has 0 bridgehead atoms. The lowest BCUT2D eigenvalue weighted by Gasteiger charge is -2.28. The lowest BCUT2D eigenvalue weighted by molar-refractivity contribution is -0.140. The summed E-state index contributed by atoms with van der Waals surface area (Å²) in [6, 6.07) is 7.36. The van der Waals surface area contributed by atoms with Gasteiger partial charge >= 0.3 is 0 Å². The van der Waals surface area contributed by atoms with Crippen LogP contribution in [0.5, 0.6) is 0 Å². The van der Waals surface area contributed by atoms with Crippen LogP contribution < -0.4 is 5.32 Å². The lowest BCUT2D eigenvalue weighted by Crippen LogP contribution is -2.47. The van der Waals surface area contributed by atoms with Crippen molar-refractivity contribution < 1.29 is 9.59 Å². The topological polar surface area (TPSA) is 49.4 Å². The van der Waals surface area contributed by atoms with Crippen molar-refractivity contribution >= 4 is 27.7 Å². The number of nitrogens with one attached hydrogen (secondary N) is 1. The smallest absolute Gasteiger partial charge is 0.242 e. The molecule has 0 aliphatic carbocycles. The Morgan fingerprint density at radius 2 is 1.82 bits per heavy atom. The molecule has 0 fully saturated rings. The summed E-state index contributed by atoms with van der Waals surface area (Å²) in [7, 11) is 0. The Morgan fingerprint density at radius 1 is 1.18 bits per heavy atom. The third kappa shape index (κ3) is 5.79. The van der Waals surface area contributed by atoms with Crippen molar-refractivity contribution in [3.63, 3.8) is 0 Å². The van der Waals surface area contributed by atoms with E-state index in [1.165, 1.54) is 0 Å². The Kier molecular flexibility index (Phi) is 8.17. The molecule has 0 saturated heterocycles. The molecule has 2 amide bonds. The fourth-order valence-corrected chi connectivity index (χ4v) is 2.39. The van der Waals surface area contributed by atoms with Gasteiger partial charge in [-0.15, -0.1) is 0 Å². The van der Waals surface area contributed by atoms with Crippen LogP contribution in [0.4, 0.5) is 0 Å². The maximum Gasteiger partial charge on any atom is 0.242 e. The zero-order valence-electron chi connectivity index (χ0n) is 13.6. The third-order valence-corrected chi connectivity index (χ3v) is 3.98. The van der Waals surface area contributed by atoms with Crippen LogP contribution in [-0.4, -0.2) is 29.3 Å². The van der Waals surface area contributed by atoms with Gasteiger partial charge in [0.2, 0.25) is 11.8 Å². The van der Waals surface area contributed by atoms with Gasteiger partial charge in [-0.1, -0.05) is 41.9 Å². The normalized spacial score (nSPS) is 11.8. The summed E-state index contributed by atoms with van der Waals surface area (Å²) in [4.78, 5) is 26.2. The molecule has 22 heavy (non-hydrogen) atoms. The fraction of sp³-hybridized carbons (Fsp3) is 0.529. The van der Waals surface area contributed by atoms with E-state index >= 15 is 0 Å². The number of nitrogens with zero attached hydrogens (tertiary/aromatic N) is 1. The number of benzene rings is 1. The van der Waals surface area contributed by atoms with Crippen LogP contribution in [0.1, 0.15) is 45.6 Å². The van der Waals surface area contributed by atoms with Crippen molar-refractivity contribution in [2.45, 2.75) is 52.6 Å². The van der Waals surface area contributed by atoms with E-state index in [0.717, 1.165) is 22.9 Å². The fourth-order valence-electron chi connectivity index (χ4n) is 2.12. The number of hydrogen-bond acceptors (Lipinski definition) is 2. The average Bonchev–Trinajstić information content (AvgIpc) is 2.51. The van der Waals surface area contributed by atoms with E-state index in [1.54, 1.807) is 11.8 Å². The van der Waals surface area contributed by atoms with Crippen LogP contribution in [0.2, 0.25) is 0 Å². The van der Waals surface area contributed by atoms with Crippen molar-refractivity contribution in [1.29, 1.82) is 0 Å². The van der Waals surface area contributed by atoms with Crippen LogP contribution in [0.3, 0.4) is 0 Å². The van der Waals surface area contributed by atoms with Crippen LogP contribution in [0.25, 0.3) is 0 Å². The minimum absolute atomic E-state index is 0.0181. The predicted octanol–water partition coefficient (Wildman–Crippen LogP) is 3.49. The Morgan fingerprint density at radius 3 is 2.36 bits per heavy atom.